The van der Waals surface area contributed by atoms with Crippen LogP contribution in [0.1, 0.15) is 5.56 Å². The Bertz CT molecular complexity index is 162. The quantitative estimate of drug-likeness (QED) is 0.566. The van der Waals surface area contributed by atoms with E-state index >= 15 is 0 Å². The van der Waals surface area contributed by atoms with E-state index in [1.807, 2.05) is 0 Å². The van der Waals surface area contributed by atoms with E-state index in [1.54, 1.807) is 12.5 Å². The molecule has 0 aromatic carbocycles. The molecule has 0 fully saturated rings. The Hall–Kier alpha value is -0.870. The molecule has 0 bridgehead atoms. The number of nitrogens with zero attached hydrogens (tertiary/aromatic N) is 1. The Kier molecular flexibility index (Phi) is 2.92. The van der Waals surface area contributed by atoms with E-state index in [-0.39, 0.29) is 0 Å². The molecule has 10 heavy (non-hydrogen) atoms. The van der Waals surface area contributed by atoms with Gasteiger partial charge in [0, 0.05) is 25.2 Å². The van der Waals surface area contributed by atoms with Crippen LogP contribution in [-0.2, 0) is 6.54 Å². The molecule has 0 saturated carbocycles. The molecule has 1 heterocycles. The zero-order valence-corrected chi connectivity index (χ0v) is 5.71. The van der Waals surface area contributed by atoms with Crippen LogP contribution < -0.4 is 11.1 Å². The lowest BCUT2D eigenvalue weighted by Gasteiger charge is -1.96. The third-order valence-electron chi connectivity index (χ3n) is 1.13. The Morgan fingerprint density at radius 1 is 1.70 bits per heavy atom. The van der Waals surface area contributed by atoms with Crippen molar-refractivity contribution >= 4 is 0 Å². The normalized spacial score (nSPS) is 10.1. The second-order valence-corrected chi connectivity index (χ2v) is 2.00. The minimum absolute atomic E-state index is 0.658. The molecular formula is C6H11N3O. The Balaban J connectivity index is 2.15. The molecular weight excluding hydrogens is 130 g/mol. The van der Waals surface area contributed by atoms with Gasteiger partial charge in [0.2, 0.25) is 0 Å². The van der Waals surface area contributed by atoms with Gasteiger partial charge in [-0.05, 0) is 0 Å². The fourth-order valence-electron chi connectivity index (χ4n) is 0.649. The highest BCUT2D eigenvalue weighted by Gasteiger charge is 1.91. The van der Waals surface area contributed by atoms with Gasteiger partial charge in [-0.2, -0.15) is 0 Å². The first-order valence-corrected chi connectivity index (χ1v) is 3.22. The molecule has 0 aliphatic rings. The lowest BCUT2D eigenvalue weighted by atomic mass is 10.4. The van der Waals surface area contributed by atoms with Crippen LogP contribution in [0.3, 0.4) is 0 Å². The average molecular weight is 141 g/mol. The van der Waals surface area contributed by atoms with Gasteiger partial charge in [-0.3, -0.25) is 0 Å². The first-order valence-electron chi connectivity index (χ1n) is 3.22. The summed E-state index contributed by atoms with van der Waals surface area (Å²) in [4.78, 5) is 0. The molecule has 0 spiro atoms. The second-order valence-electron chi connectivity index (χ2n) is 2.00. The predicted octanol–water partition coefficient (Wildman–Crippen LogP) is -0.277. The van der Waals surface area contributed by atoms with Gasteiger partial charge in [-0.25, -0.2) is 0 Å². The molecule has 56 valence electrons. The Labute approximate surface area is 59.4 Å². The third kappa shape index (κ3) is 2.16. The van der Waals surface area contributed by atoms with Gasteiger partial charge in [0.05, 0.1) is 6.20 Å². The number of nitrogens with one attached hydrogen (secondary N) is 1. The van der Waals surface area contributed by atoms with Crippen molar-refractivity contribution < 1.29 is 4.52 Å². The van der Waals surface area contributed by atoms with E-state index in [1.165, 1.54) is 0 Å². The molecule has 0 aliphatic heterocycles. The summed E-state index contributed by atoms with van der Waals surface area (Å²) in [7, 11) is 0. The maximum Gasteiger partial charge on any atom is 0.128 e. The van der Waals surface area contributed by atoms with Crippen LogP contribution in [0.25, 0.3) is 0 Å². The number of nitrogens with two attached hydrogens (primary N) is 1. The fraction of sp³-hybridized carbons (Fsp3) is 0.500. The van der Waals surface area contributed by atoms with Crippen molar-refractivity contribution in [3.8, 4) is 0 Å². The van der Waals surface area contributed by atoms with Crippen LogP contribution >= 0.6 is 0 Å². The van der Waals surface area contributed by atoms with E-state index in [9.17, 15) is 0 Å². The molecule has 4 nitrogen and oxygen atoms in total. The van der Waals surface area contributed by atoms with Crippen LogP contribution in [0.15, 0.2) is 17.0 Å². The average Bonchev–Trinajstić information content (AvgIpc) is 2.41. The lowest BCUT2D eigenvalue weighted by Crippen LogP contribution is -2.21. The van der Waals surface area contributed by atoms with Crippen LogP contribution in [0, 0.1) is 0 Å². The largest absolute Gasteiger partial charge is 0.364 e. The molecule has 4 heteroatoms. The molecule has 0 aliphatic carbocycles. The lowest BCUT2D eigenvalue weighted by molar-refractivity contribution is 0.418. The van der Waals surface area contributed by atoms with Gasteiger partial charge in [0.25, 0.3) is 0 Å². The highest BCUT2D eigenvalue weighted by atomic mass is 16.5. The molecule has 1 rings (SSSR count). The SMILES string of the molecule is NCCNCc1cnoc1. The maximum atomic E-state index is 5.27. The predicted molar refractivity (Wildman–Crippen MR) is 37.3 cm³/mol. The number of hydrogen-bond donors (Lipinski definition) is 2. The summed E-state index contributed by atoms with van der Waals surface area (Å²) >= 11 is 0. The Morgan fingerprint density at radius 2 is 2.60 bits per heavy atom. The molecule has 0 amide bonds. The summed E-state index contributed by atoms with van der Waals surface area (Å²) in [6.45, 7) is 2.26. The molecule has 0 atom stereocenters. The summed E-state index contributed by atoms with van der Waals surface area (Å²) in [5, 5.41) is 6.67. The van der Waals surface area contributed by atoms with Crippen molar-refractivity contribution in [2.45, 2.75) is 6.54 Å². The van der Waals surface area contributed by atoms with Crippen molar-refractivity contribution in [2.24, 2.45) is 5.73 Å². The van der Waals surface area contributed by atoms with Crippen molar-refractivity contribution in [2.75, 3.05) is 13.1 Å². The minimum Gasteiger partial charge on any atom is -0.364 e. The Morgan fingerprint density at radius 3 is 3.20 bits per heavy atom. The van der Waals surface area contributed by atoms with Gasteiger partial charge < -0.3 is 15.6 Å². The smallest absolute Gasteiger partial charge is 0.128 e. The van der Waals surface area contributed by atoms with Gasteiger partial charge in [-0.1, -0.05) is 5.16 Å². The summed E-state index contributed by atoms with van der Waals surface area (Å²) in [5.41, 5.74) is 6.32. The zero-order valence-electron chi connectivity index (χ0n) is 5.71. The maximum absolute atomic E-state index is 5.27. The van der Waals surface area contributed by atoms with E-state index in [0.29, 0.717) is 6.54 Å². The van der Waals surface area contributed by atoms with Gasteiger partial charge in [0.1, 0.15) is 6.26 Å². The molecule has 0 radical (unpaired) electrons. The van der Waals surface area contributed by atoms with Gasteiger partial charge >= 0.3 is 0 Å². The molecule has 1 aromatic rings. The summed E-state index contributed by atoms with van der Waals surface area (Å²) in [6.07, 6.45) is 3.30. The third-order valence-corrected chi connectivity index (χ3v) is 1.13. The fourth-order valence-corrected chi connectivity index (χ4v) is 0.649. The number of aromatic nitrogens is 1. The first kappa shape index (κ1) is 7.24. The van der Waals surface area contributed by atoms with Gasteiger partial charge in [-0.15, -0.1) is 0 Å². The van der Waals surface area contributed by atoms with E-state index in [4.69, 9.17) is 5.73 Å². The molecule has 1 aromatic heterocycles. The van der Waals surface area contributed by atoms with E-state index in [2.05, 4.69) is 15.0 Å². The van der Waals surface area contributed by atoms with Crippen LogP contribution in [-0.4, -0.2) is 18.2 Å². The summed E-state index contributed by atoms with van der Waals surface area (Å²) in [5.74, 6) is 0. The number of rotatable bonds is 4. The zero-order chi connectivity index (χ0) is 7.23. The molecule has 0 unspecified atom stereocenters. The van der Waals surface area contributed by atoms with E-state index in [0.717, 1.165) is 18.7 Å². The topological polar surface area (TPSA) is 64.1 Å². The van der Waals surface area contributed by atoms with Crippen LogP contribution in [0.2, 0.25) is 0 Å². The second kappa shape index (κ2) is 4.03. The van der Waals surface area contributed by atoms with Crippen LogP contribution in [0.4, 0.5) is 0 Å². The standard InChI is InChI=1S/C6H11N3O/c7-1-2-8-3-6-4-9-10-5-6/h4-5,8H,1-3,7H2. The van der Waals surface area contributed by atoms with E-state index < -0.39 is 0 Å². The van der Waals surface area contributed by atoms with Gasteiger partial charge in [0.15, 0.2) is 0 Å². The van der Waals surface area contributed by atoms with Crippen molar-refractivity contribution in [1.82, 2.24) is 10.5 Å². The summed E-state index contributed by atoms with van der Waals surface area (Å²) in [6, 6.07) is 0. The summed E-state index contributed by atoms with van der Waals surface area (Å²) < 4.78 is 4.62. The van der Waals surface area contributed by atoms with Crippen LogP contribution in [0.5, 0.6) is 0 Å². The highest BCUT2D eigenvalue weighted by Crippen LogP contribution is 1.93. The number of hydrogen-bond acceptors (Lipinski definition) is 4. The minimum atomic E-state index is 0.658. The molecule has 0 saturated heterocycles. The molecule has 3 N–H and O–H groups in total. The first-order chi connectivity index (χ1) is 4.93. The van der Waals surface area contributed by atoms with Crippen molar-refractivity contribution in [3.63, 3.8) is 0 Å². The van der Waals surface area contributed by atoms with Crippen molar-refractivity contribution in [3.05, 3.63) is 18.0 Å². The van der Waals surface area contributed by atoms with Crippen molar-refractivity contribution in [1.29, 1.82) is 0 Å². The monoisotopic (exact) mass is 141 g/mol. The highest BCUT2D eigenvalue weighted by molar-refractivity contribution is 4.98.